The maximum Gasteiger partial charge on any atom is 0.340 e. The first-order chi connectivity index (χ1) is 9.69. The van der Waals surface area contributed by atoms with Crippen LogP contribution >= 0.6 is 11.6 Å². The van der Waals surface area contributed by atoms with Crippen LogP contribution in [0.5, 0.6) is 0 Å². The fraction of sp³-hybridized carbons (Fsp3) is 0.417. The summed E-state index contributed by atoms with van der Waals surface area (Å²) in [6.45, 7) is 0.0914. The molecule has 0 heterocycles. The van der Waals surface area contributed by atoms with Crippen molar-refractivity contribution in [3.63, 3.8) is 0 Å². The number of carbonyl (C=O) groups is 1. The minimum Gasteiger partial charge on any atom is -0.465 e. The molecule has 0 saturated heterocycles. The minimum absolute atomic E-state index is 0.0914. The van der Waals surface area contributed by atoms with E-state index < -0.39 is 16.0 Å². The molecule has 9 heteroatoms. The molecular weight excluding hydrogens is 318 g/mol. The van der Waals surface area contributed by atoms with Crippen LogP contribution in [0.15, 0.2) is 12.1 Å². The van der Waals surface area contributed by atoms with Gasteiger partial charge in [0.25, 0.3) is 0 Å². The summed E-state index contributed by atoms with van der Waals surface area (Å²) in [5.74, 6) is -0.747. The smallest absolute Gasteiger partial charge is 0.340 e. The Morgan fingerprint density at radius 2 is 2.05 bits per heavy atom. The van der Waals surface area contributed by atoms with Crippen molar-refractivity contribution >= 4 is 39.0 Å². The molecule has 1 rings (SSSR count). The number of esters is 1. The topological polar surface area (TPSA) is 102 Å². The highest BCUT2D eigenvalue weighted by molar-refractivity contribution is 7.89. The molecule has 0 spiro atoms. The van der Waals surface area contributed by atoms with E-state index in [0.717, 1.165) is 4.31 Å². The van der Waals surface area contributed by atoms with Crippen molar-refractivity contribution < 1.29 is 17.9 Å². The fourth-order valence-corrected chi connectivity index (χ4v) is 2.59. The highest BCUT2D eigenvalue weighted by Crippen LogP contribution is 2.29. The number of benzene rings is 1. The van der Waals surface area contributed by atoms with Crippen LogP contribution < -0.4 is 11.1 Å². The predicted molar refractivity (Wildman–Crippen MR) is 83.2 cm³/mol. The number of nitrogens with zero attached hydrogens (tertiary/aromatic N) is 1. The van der Waals surface area contributed by atoms with Gasteiger partial charge in [0.2, 0.25) is 10.0 Å². The number of hydrogen-bond donors (Lipinski definition) is 2. The third-order valence-electron chi connectivity index (χ3n) is 2.74. The molecule has 0 radical (unpaired) electrons. The van der Waals surface area contributed by atoms with E-state index in [0.29, 0.717) is 11.4 Å². The second kappa shape index (κ2) is 6.97. The monoisotopic (exact) mass is 335 g/mol. The van der Waals surface area contributed by atoms with E-state index in [1.165, 1.54) is 33.3 Å². The summed E-state index contributed by atoms with van der Waals surface area (Å²) in [7, 11) is 0.794. The van der Waals surface area contributed by atoms with Crippen LogP contribution in [0.25, 0.3) is 0 Å². The second-order valence-corrected chi connectivity index (χ2v) is 7.15. The molecule has 0 amide bonds. The molecule has 1 aromatic rings. The van der Waals surface area contributed by atoms with Crippen molar-refractivity contribution in [2.24, 2.45) is 0 Å². The zero-order chi connectivity index (χ0) is 16.2. The lowest BCUT2D eigenvalue weighted by molar-refractivity contribution is 0.0602. The summed E-state index contributed by atoms with van der Waals surface area (Å²) < 4.78 is 29.1. The molecule has 118 valence electrons. The maximum atomic E-state index is 11.7. The average molecular weight is 336 g/mol. The summed E-state index contributed by atoms with van der Waals surface area (Å²) >= 11 is 6.04. The van der Waals surface area contributed by atoms with E-state index in [1.54, 1.807) is 0 Å². The summed E-state index contributed by atoms with van der Waals surface area (Å²) in [4.78, 5) is 11.7. The Kier molecular flexibility index (Phi) is 5.82. The molecule has 0 aliphatic rings. The largest absolute Gasteiger partial charge is 0.465 e. The average Bonchev–Trinajstić information content (AvgIpc) is 2.39. The zero-order valence-corrected chi connectivity index (χ0v) is 13.6. The lowest BCUT2D eigenvalue weighted by Gasteiger charge is -2.15. The van der Waals surface area contributed by atoms with Gasteiger partial charge in [-0.05, 0) is 12.1 Å². The van der Waals surface area contributed by atoms with Gasteiger partial charge in [-0.2, -0.15) is 0 Å². The Morgan fingerprint density at radius 3 is 2.57 bits per heavy atom. The molecule has 0 aromatic heterocycles. The van der Waals surface area contributed by atoms with Crippen molar-refractivity contribution in [2.45, 2.75) is 0 Å². The highest BCUT2D eigenvalue weighted by atomic mass is 35.5. The van der Waals surface area contributed by atoms with Crippen LogP contribution in [0, 0.1) is 0 Å². The number of ether oxygens (including phenoxy) is 1. The number of nitrogen functional groups attached to an aromatic ring is 1. The molecule has 0 atom stereocenters. The lowest BCUT2D eigenvalue weighted by Crippen LogP contribution is -2.28. The molecule has 0 bridgehead atoms. The maximum absolute atomic E-state index is 11.7. The molecule has 0 saturated carbocycles. The first-order valence-electron chi connectivity index (χ1n) is 6.00. The standard InChI is InChI=1S/C12H18ClN3O4S/c1-16(2)21(18,19)5-4-15-11-9(12(17)20-3)6-8(14)7-10(11)13/h6-7,15H,4-5,14H2,1-3H3. The van der Waals surface area contributed by atoms with E-state index in [1.807, 2.05) is 0 Å². The van der Waals surface area contributed by atoms with Crippen LogP contribution in [0.1, 0.15) is 10.4 Å². The summed E-state index contributed by atoms with van der Waals surface area (Å²) in [6, 6.07) is 2.89. The number of nitrogens with one attached hydrogen (secondary N) is 1. The van der Waals surface area contributed by atoms with Crippen molar-refractivity contribution in [3.8, 4) is 0 Å². The van der Waals surface area contributed by atoms with Gasteiger partial charge in [-0.1, -0.05) is 11.6 Å². The molecular formula is C12H18ClN3O4S. The van der Waals surface area contributed by atoms with Crippen LogP contribution in [-0.4, -0.2) is 52.2 Å². The highest BCUT2D eigenvalue weighted by Gasteiger charge is 2.18. The third-order valence-corrected chi connectivity index (χ3v) is 4.87. The number of anilines is 2. The van der Waals surface area contributed by atoms with E-state index in [4.69, 9.17) is 17.3 Å². The van der Waals surface area contributed by atoms with Gasteiger partial charge in [0.1, 0.15) is 0 Å². The summed E-state index contributed by atoms with van der Waals surface area (Å²) in [5.41, 5.74) is 6.40. The van der Waals surface area contributed by atoms with Crippen molar-refractivity contribution in [1.82, 2.24) is 4.31 Å². The molecule has 1 aromatic carbocycles. The molecule has 21 heavy (non-hydrogen) atoms. The van der Waals surface area contributed by atoms with Crippen LogP contribution in [-0.2, 0) is 14.8 Å². The van der Waals surface area contributed by atoms with E-state index in [2.05, 4.69) is 10.1 Å². The number of nitrogens with two attached hydrogens (primary N) is 1. The van der Waals surface area contributed by atoms with Crippen LogP contribution in [0.2, 0.25) is 5.02 Å². The summed E-state index contributed by atoms with van der Waals surface area (Å²) in [5, 5.41) is 3.06. The Balaban J connectivity index is 2.96. The van der Waals surface area contributed by atoms with Gasteiger partial charge in [-0.25, -0.2) is 17.5 Å². The molecule has 0 aliphatic carbocycles. The lowest BCUT2D eigenvalue weighted by atomic mass is 10.1. The van der Waals surface area contributed by atoms with E-state index in [-0.39, 0.29) is 22.9 Å². The van der Waals surface area contributed by atoms with Crippen LogP contribution in [0.4, 0.5) is 11.4 Å². The predicted octanol–water partition coefficient (Wildman–Crippen LogP) is 1.01. The number of halogens is 1. The number of rotatable bonds is 6. The van der Waals surface area contributed by atoms with Gasteiger partial charge in [0.05, 0.1) is 29.1 Å². The SMILES string of the molecule is COC(=O)c1cc(N)cc(Cl)c1NCCS(=O)(=O)N(C)C. The van der Waals surface area contributed by atoms with Gasteiger partial charge in [-0.15, -0.1) is 0 Å². The summed E-state index contributed by atoms with van der Waals surface area (Å²) in [6.07, 6.45) is 0. The van der Waals surface area contributed by atoms with Crippen molar-refractivity contribution in [2.75, 3.05) is 44.6 Å². The Morgan fingerprint density at radius 1 is 1.43 bits per heavy atom. The van der Waals surface area contributed by atoms with E-state index in [9.17, 15) is 13.2 Å². The quantitative estimate of drug-likeness (QED) is 0.594. The molecule has 3 N–H and O–H groups in total. The number of carbonyl (C=O) groups excluding carboxylic acids is 1. The van der Waals surface area contributed by atoms with Crippen molar-refractivity contribution in [1.29, 1.82) is 0 Å². The van der Waals surface area contributed by atoms with E-state index >= 15 is 0 Å². The Hall–Kier alpha value is -1.51. The zero-order valence-electron chi connectivity index (χ0n) is 12.0. The molecule has 0 aliphatic heterocycles. The molecule has 0 fully saturated rings. The molecule has 0 unspecified atom stereocenters. The second-order valence-electron chi connectivity index (χ2n) is 4.44. The first-order valence-corrected chi connectivity index (χ1v) is 7.99. The fourth-order valence-electron chi connectivity index (χ4n) is 1.57. The Bertz CT molecular complexity index is 632. The van der Waals surface area contributed by atoms with Gasteiger partial charge in [0, 0.05) is 26.3 Å². The number of sulfonamides is 1. The first kappa shape index (κ1) is 17.5. The third kappa shape index (κ3) is 4.48. The van der Waals surface area contributed by atoms with Gasteiger partial charge in [-0.3, -0.25) is 0 Å². The van der Waals surface area contributed by atoms with Gasteiger partial charge >= 0.3 is 5.97 Å². The number of methoxy groups -OCH3 is 1. The minimum atomic E-state index is -3.34. The Labute approximate surface area is 129 Å². The van der Waals surface area contributed by atoms with Gasteiger partial charge < -0.3 is 15.8 Å². The molecule has 7 nitrogen and oxygen atoms in total. The van der Waals surface area contributed by atoms with Crippen LogP contribution in [0.3, 0.4) is 0 Å². The van der Waals surface area contributed by atoms with Gasteiger partial charge in [0.15, 0.2) is 0 Å². The normalized spacial score (nSPS) is 11.5. The van der Waals surface area contributed by atoms with Crippen molar-refractivity contribution in [3.05, 3.63) is 22.7 Å². The number of hydrogen-bond acceptors (Lipinski definition) is 6.